The predicted molar refractivity (Wildman–Crippen MR) is 66.9 cm³/mol. The lowest BCUT2D eigenvalue weighted by Gasteiger charge is -2.12. The highest BCUT2D eigenvalue weighted by molar-refractivity contribution is 7.98. The Kier molecular flexibility index (Phi) is 4.68. The molecule has 15 heavy (non-hydrogen) atoms. The Morgan fingerprint density at radius 2 is 2.20 bits per heavy atom. The molecule has 0 amide bonds. The number of ketones is 1. The van der Waals surface area contributed by atoms with Crippen LogP contribution in [0.4, 0.5) is 0 Å². The number of hydrogen-bond donors (Lipinski definition) is 0. The van der Waals surface area contributed by atoms with Gasteiger partial charge in [-0.2, -0.15) is 0 Å². The Morgan fingerprint density at radius 1 is 1.53 bits per heavy atom. The summed E-state index contributed by atoms with van der Waals surface area (Å²) in [6.45, 7) is 3.60. The van der Waals surface area contributed by atoms with E-state index < -0.39 is 5.38 Å². The van der Waals surface area contributed by atoms with E-state index in [4.69, 9.17) is 11.6 Å². The number of Topliss-reactive ketones (excluding diaryl/α,β-unsaturated/α-hetero) is 1. The van der Waals surface area contributed by atoms with Gasteiger partial charge in [0.25, 0.3) is 0 Å². The van der Waals surface area contributed by atoms with Crippen LogP contribution in [0.1, 0.15) is 30.4 Å². The van der Waals surface area contributed by atoms with Crippen LogP contribution in [-0.4, -0.2) is 12.0 Å². The van der Waals surface area contributed by atoms with Gasteiger partial charge in [-0.25, -0.2) is 0 Å². The molecule has 0 bridgehead atoms. The molecule has 1 unspecified atom stereocenters. The first kappa shape index (κ1) is 12.6. The second-order valence-electron chi connectivity index (χ2n) is 3.39. The highest BCUT2D eigenvalue weighted by atomic mass is 35.5. The fourth-order valence-corrected chi connectivity index (χ4v) is 2.13. The molecule has 0 N–H and O–H groups in total. The topological polar surface area (TPSA) is 17.1 Å². The van der Waals surface area contributed by atoms with Crippen molar-refractivity contribution in [3.05, 3.63) is 29.3 Å². The monoisotopic (exact) mass is 242 g/mol. The maximum atomic E-state index is 11.3. The van der Waals surface area contributed by atoms with Gasteiger partial charge in [0.2, 0.25) is 0 Å². The Bertz CT molecular complexity index is 363. The molecular weight excluding hydrogens is 228 g/mol. The van der Waals surface area contributed by atoms with Crippen LogP contribution >= 0.6 is 23.4 Å². The number of aryl methyl sites for hydroxylation is 1. The first-order valence-electron chi connectivity index (χ1n) is 4.91. The van der Waals surface area contributed by atoms with Gasteiger partial charge in [-0.15, -0.1) is 23.4 Å². The van der Waals surface area contributed by atoms with Gasteiger partial charge in [-0.1, -0.05) is 13.0 Å². The number of hydrogen-bond acceptors (Lipinski definition) is 2. The van der Waals surface area contributed by atoms with Gasteiger partial charge in [0.1, 0.15) is 5.38 Å². The van der Waals surface area contributed by atoms with Gasteiger partial charge in [-0.05, 0) is 42.9 Å². The second kappa shape index (κ2) is 5.57. The molecule has 3 heteroatoms. The Morgan fingerprint density at radius 3 is 2.67 bits per heavy atom. The number of alkyl halides is 1. The molecule has 0 saturated carbocycles. The van der Waals surface area contributed by atoms with Crippen molar-refractivity contribution in [2.24, 2.45) is 0 Å². The number of rotatable bonds is 4. The molecule has 0 aliphatic heterocycles. The molecule has 0 aliphatic carbocycles. The minimum absolute atomic E-state index is 0.00428. The van der Waals surface area contributed by atoms with E-state index in [-0.39, 0.29) is 5.78 Å². The lowest BCUT2D eigenvalue weighted by Crippen LogP contribution is -2.05. The molecule has 82 valence electrons. The lowest BCUT2D eigenvalue weighted by atomic mass is 10.0. The second-order valence-corrected chi connectivity index (χ2v) is 4.71. The zero-order chi connectivity index (χ0) is 11.4. The van der Waals surface area contributed by atoms with Gasteiger partial charge >= 0.3 is 0 Å². The largest absolute Gasteiger partial charge is 0.298 e. The maximum absolute atomic E-state index is 11.3. The molecule has 0 radical (unpaired) electrons. The van der Waals surface area contributed by atoms with E-state index in [1.807, 2.05) is 12.3 Å². The fraction of sp³-hybridized carbons (Fsp3) is 0.417. The molecule has 0 heterocycles. The summed E-state index contributed by atoms with van der Waals surface area (Å²) >= 11 is 7.76. The standard InChI is InChI=1S/C12H15ClOS/c1-4-9-5-6-10(15-3)7-11(9)12(13)8(2)14/h5-7,12H,4H2,1-3H3. The van der Waals surface area contributed by atoms with Gasteiger partial charge < -0.3 is 0 Å². The minimum atomic E-state index is -0.507. The van der Waals surface area contributed by atoms with Gasteiger partial charge in [-0.3, -0.25) is 4.79 Å². The first-order chi connectivity index (χ1) is 7.10. The molecule has 0 aromatic heterocycles. The van der Waals surface area contributed by atoms with Gasteiger partial charge in [0.05, 0.1) is 0 Å². The molecular formula is C12H15ClOS. The summed E-state index contributed by atoms with van der Waals surface area (Å²) in [7, 11) is 0. The Labute approximate surface area is 100 Å². The first-order valence-corrected chi connectivity index (χ1v) is 6.57. The molecule has 1 aromatic carbocycles. The summed E-state index contributed by atoms with van der Waals surface area (Å²) in [6, 6.07) is 6.14. The van der Waals surface area contributed by atoms with Crippen molar-refractivity contribution < 1.29 is 4.79 Å². The number of carbonyl (C=O) groups excluding carboxylic acids is 1. The van der Waals surface area contributed by atoms with E-state index in [0.717, 1.165) is 22.4 Å². The van der Waals surface area contributed by atoms with E-state index in [9.17, 15) is 4.79 Å². The van der Waals surface area contributed by atoms with Crippen molar-refractivity contribution in [3.63, 3.8) is 0 Å². The van der Waals surface area contributed by atoms with E-state index in [2.05, 4.69) is 19.1 Å². The zero-order valence-corrected chi connectivity index (χ0v) is 10.8. The summed E-state index contributed by atoms with van der Waals surface area (Å²) in [5, 5.41) is -0.507. The molecule has 0 aliphatic rings. The van der Waals surface area contributed by atoms with Crippen molar-refractivity contribution in [3.8, 4) is 0 Å². The minimum Gasteiger partial charge on any atom is -0.298 e. The van der Waals surface area contributed by atoms with Crippen LogP contribution in [0.3, 0.4) is 0 Å². The lowest BCUT2D eigenvalue weighted by molar-refractivity contribution is -0.116. The summed E-state index contributed by atoms with van der Waals surface area (Å²) in [6.07, 6.45) is 2.92. The van der Waals surface area contributed by atoms with Crippen LogP contribution in [0.25, 0.3) is 0 Å². The van der Waals surface area contributed by atoms with Gasteiger partial charge in [0.15, 0.2) is 5.78 Å². The average Bonchev–Trinajstić information content (AvgIpc) is 2.27. The van der Waals surface area contributed by atoms with Crippen molar-refractivity contribution in [2.75, 3.05) is 6.26 Å². The van der Waals surface area contributed by atoms with E-state index in [1.54, 1.807) is 11.8 Å². The SMILES string of the molecule is CCc1ccc(SC)cc1C(Cl)C(C)=O. The average molecular weight is 243 g/mol. The summed E-state index contributed by atoms with van der Waals surface area (Å²) in [5.74, 6) is 0.00428. The highest BCUT2D eigenvalue weighted by Crippen LogP contribution is 2.29. The normalized spacial score (nSPS) is 12.5. The number of carbonyl (C=O) groups is 1. The van der Waals surface area contributed by atoms with Crippen LogP contribution < -0.4 is 0 Å². The van der Waals surface area contributed by atoms with Crippen molar-refractivity contribution >= 4 is 29.1 Å². The molecule has 0 fully saturated rings. The number of benzene rings is 1. The molecule has 1 atom stereocenters. The summed E-state index contributed by atoms with van der Waals surface area (Å²) in [5.41, 5.74) is 2.11. The number of thioether (sulfide) groups is 1. The smallest absolute Gasteiger partial charge is 0.152 e. The predicted octanol–water partition coefficient (Wildman–Crippen LogP) is 3.84. The van der Waals surface area contributed by atoms with E-state index in [0.29, 0.717) is 0 Å². The van der Waals surface area contributed by atoms with E-state index in [1.165, 1.54) is 6.92 Å². The van der Waals surface area contributed by atoms with Crippen LogP contribution in [-0.2, 0) is 11.2 Å². The van der Waals surface area contributed by atoms with Crippen LogP contribution in [0, 0.1) is 0 Å². The van der Waals surface area contributed by atoms with Crippen LogP contribution in [0.15, 0.2) is 23.1 Å². The van der Waals surface area contributed by atoms with Crippen molar-refractivity contribution in [1.29, 1.82) is 0 Å². The Balaban J connectivity index is 3.16. The molecule has 1 rings (SSSR count). The van der Waals surface area contributed by atoms with Crippen LogP contribution in [0.5, 0.6) is 0 Å². The summed E-state index contributed by atoms with van der Waals surface area (Å²) < 4.78 is 0. The zero-order valence-electron chi connectivity index (χ0n) is 9.21. The van der Waals surface area contributed by atoms with Crippen LogP contribution in [0.2, 0.25) is 0 Å². The number of halogens is 1. The fourth-order valence-electron chi connectivity index (χ4n) is 1.48. The Hall–Kier alpha value is -0.470. The van der Waals surface area contributed by atoms with Crippen molar-refractivity contribution in [1.82, 2.24) is 0 Å². The van der Waals surface area contributed by atoms with Gasteiger partial charge in [0, 0.05) is 4.90 Å². The maximum Gasteiger partial charge on any atom is 0.152 e. The third-order valence-corrected chi connectivity index (χ3v) is 3.63. The molecule has 1 nitrogen and oxygen atoms in total. The molecule has 0 spiro atoms. The third-order valence-electron chi connectivity index (χ3n) is 2.36. The summed E-state index contributed by atoms with van der Waals surface area (Å²) in [4.78, 5) is 12.4. The quantitative estimate of drug-likeness (QED) is 0.590. The van der Waals surface area contributed by atoms with E-state index >= 15 is 0 Å². The van der Waals surface area contributed by atoms with Crippen molar-refractivity contribution in [2.45, 2.75) is 30.5 Å². The molecule has 1 aromatic rings. The third kappa shape index (κ3) is 2.99. The molecule has 0 saturated heterocycles. The highest BCUT2D eigenvalue weighted by Gasteiger charge is 2.16.